The van der Waals surface area contributed by atoms with Gasteiger partial charge in [-0.1, -0.05) is 37.3 Å². The van der Waals surface area contributed by atoms with Gasteiger partial charge in [0.2, 0.25) is 0 Å². The Balaban J connectivity index is 1.68. The van der Waals surface area contributed by atoms with Gasteiger partial charge in [0.05, 0.1) is 12.8 Å². The predicted octanol–water partition coefficient (Wildman–Crippen LogP) is 5.18. The number of anilines is 1. The van der Waals surface area contributed by atoms with Crippen LogP contribution in [-0.2, 0) is 17.7 Å². The number of fused-ring (bicyclic) bond motifs is 2. The third kappa shape index (κ3) is 3.92. The van der Waals surface area contributed by atoms with Crippen LogP contribution in [0.2, 0.25) is 0 Å². The van der Waals surface area contributed by atoms with Crippen LogP contribution in [0.1, 0.15) is 34.3 Å². The SMILES string of the molecule is COc1ccccc1-c1c2c(nc3sc(C(=O)OC4=CC=CC(C)C4)c(N)c13)CCN(C)C2. The molecule has 0 saturated heterocycles. The fraction of sp³-hybridized carbons (Fsp3) is 0.308. The Labute approximate surface area is 197 Å². The zero-order valence-corrected chi connectivity index (χ0v) is 19.9. The average Bonchev–Trinajstić information content (AvgIpc) is 3.14. The third-order valence-electron chi connectivity index (χ3n) is 6.25. The zero-order valence-electron chi connectivity index (χ0n) is 19.1. The highest BCUT2D eigenvalue weighted by Crippen LogP contribution is 2.46. The second kappa shape index (κ2) is 8.65. The van der Waals surface area contributed by atoms with Crippen molar-refractivity contribution in [1.82, 2.24) is 9.88 Å². The number of rotatable bonds is 4. The number of carbonyl (C=O) groups is 1. The van der Waals surface area contributed by atoms with Crippen molar-refractivity contribution in [2.45, 2.75) is 26.3 Å². The summed E-state index contributed by atoms with van der Waals surface area (Å²) in [6, 6.07) is 7.93. The molecule has 1 atom stereocenters. The molecule has 0 saturated carbocycles. The predicted molar refractivity (Wildman–Crippen MR) is 132 cm³/mol. The molecular weight excluding hydrogens is 434 g/mol. The van der Waals surface area contributed by atoms with E-state index in [-0.39, 0.29) is 0 Å². The maximum atomic E-state index is 13.1. The van der Waals surface area contributed by atoms with Crippen LogP contribution in [-0.4, -0.2) is 36.6 Å². The minimum atomic E-state index is -0.426. The second-order valence-corrected chi connectivity index (χ2v) is 9.71. The molecule has 1 aliphatic carbocycles. The molecule has 1 aliphatic heterocycles. The van der Waals surface area contributed by atoms with Crippen LogP contribution in [0, 0.1) is 5.92 Å². The van der Waals surface area contributed by atoms with E-state index < -0.39 is 5.97 Å². The molecule has 170 valence electrons. The van der Waals surface area contributed by atoms with E-state index in [2.05, 4.69) is 24.9 Å². The Morgan fingerprint density at radius 1 is 1.30 bits per heavy atom. The molecule has 0 spiro atoms. The van der Waals surface area contributed by atoms with Crippen molar-refractivity contribution in [1.29, 1.82) is 0 Å². The summed E-state index contributed by atoms with van der Waals surface area (Å²) in [5.74, 6) is 1.33. The smallest absolute Gasteiger partial charge is 0.355 e. The molecule has 0 amide bonds. The first kappa shape index (κ1) is 21.7. The minimum absolute atomic E-state index is 0.333. The average molecular weight is 462 g/mol. The normalized spacial score (nSPS) is 18.2. The van der Waals surface area contributed by atoms with Gasteiger partial charge in [-0.3, -0.25) is 0 Å². The van der Waals surface area contributed by atoms with Crippen LogP contribution in [0.15, 0.2) is 48.3 Å². The molecule has 5 rings (SSSR count). The third-order valence-corrected chi connectivity index (χ3v) is 7.33. The number of hydrogen-bond donors (Lipinski definition) is 1. The molecular formula is C26H27N3O3S. The van der Waals surface area contributed by atoms with Crippen molar-refractivity contribution in [3.05, 3.63) is 64.4 Å². The van der Waals surface area contributed by atoms with Gasteiger partial charge in [0.15, 0.2) is 0 Å². The Bertz CT molecular complexity index is 1310. The number of benzene rings is 1. The number of methoxy groups -OCH3 is 1. The number of pyridine rings is 1. The Morgan fingerprint density at radius 3 is 2.91 bits per heavy atom. The van der Waals surface area contributed by atoms with E-state index in [0.717, 1.165) is 57.9 Å². The van der Waals surface area contributed by atoms with Crippen LogP contribution in [0.25, 0.3) is 21.3 Å². The van der Waals surface area contributed by atoms with Crippen LogP contribution in [0.5, 0.6) is 5.75 Å². The van der Waals surface area contributed by atoms with Crippen molar-refractivity contribution in [3.63, 3.8) is 0 Å². The van der Waals surface area contributed by atoms with Gasteiger partial charge in [0.25, 0.3) is 0 Å². The molecule has 2 aliphatic rings. The number of aromatic nitrogens is 1. The number of nitrogens with two attached hydrogens (primary N) is 1. The van der Waals surface area contributed by atoms with Crippen LogP contribution in [0.3, 0.4) is 0 Å². The molecule has 0 radical (unpaired) electrons. The van der Waals surface area contributed by atoms with Crippen LogP contribution < -0.4 is 10.5 Å². The summed E-state index contributed by atoms with van der Waals surface area (Å²) in [4.78, 5) is 21.5. The number of nitrogens with zero attached hydrogens (tertiary/aromatic N) is 2. The number of nitrogen functional groups attached to an aromatic ring is 1. The summed E-state index contributed by atoms with van der Waals surface area (Å²) in [5, 5.41) is 0.802. The maximum Gasteiger partial charge on any atom is 0.355 e. The lowest BCUT2D eigenvalue weighted by atomic mass is 9.91. The van der Waals surface area contributed by atoms with E-state index >= 15 is 0 Å². The summed E-state index contributed by atoms with van der Waals surface area (Å²) in [6.45, 7) is 3.79. The lowest BCUT2D eigenvalue weighted by Gasteiger charge is -2.27. The number of hydrogen-bond acceptors (Lipinski definition) is 7. The zero-order chi connectivity index (χ0) is 23.1. The highest BCUT2D eigenvalue weighted by molar-refractivity contribution is 7.21. The Kier molecular flexibility index (Phi) is 5.68. The summed E-state index contributed by atoms with van der Waals surface area (Å²) < 4.78 is 11.4. The van der Waals surface area contributed by atoms with Gasteiger partial charge in [-0.05, 0) is 30.7 Å². The highest BCUT2D eigenvalue weighted by atomic mass is 32.1. The van der Waals surface area contributed by atoms with Crippen LogP contribution in [0.4, 0.5) is 5.69 Å². The molecule has 0 fully saturated rings. The van der Waals surface area contributed by atoms with Gasteiger partial charge in [0.1, 0.15) is 21.2 Å². The molecule has 2 aromatic heterocycles. The van der Waals surface area contributed by atoms with E-state index in [1.54, 1.807) is 7.11 Å². The summed E-state index contributed by atoms with van der Waals surface area (Å²) in [7, 11) is 3.77. The van der Waals surface area contributed by atoms with Gasteiger partial charge in [-0.15, -0.1) is 11.3 Å². The number of likely N-dealkylation sites (N-methyl/N-ethyl adjacent to an activating group) is 1. The number of allylic oxidation sites excluding steroid dienone is 4. The topological polar surface area (TPSA) is 77.7 Å². The first-order chi connectivity index (χ1) is 16.0. The highest BCUT2D eigenvalue weighted by Gasteiger charge is 2.29. The van der Waals surface area contributed by atoms with Gasteiger partial charge in [-0.2, -0.15) is 0 Å². The molecule has 3 aromatic rings. The van der Waals surface area contributed by atoms with E-state index in [1.165, 1.54) is 11.3 Å². The molecule has 33 heavy (non-hydrogen) atoms. The molecule has 1 aromatic carbocycles. The molecule has 7 heteroatoms. The van der Waals surface area contributed by atoms with Crippen molar-refractivity contribution < 1.29 is 14.3 Å². The lowest BCUT2D eigenvalue weighted by Crippen LogP contribution is -2.28. The first-order valence-corrected chi connectivity index (χ1v) is 11.9. The van der Waals surface area contributed by atoms with Crippen molar-refractivity contribution in [3.8, 4) is 16.9 Å². The molecule has 0 bridgehead atoms. The summed E-state index contributed by atoms with van der Waals surface area (Å²) in [6.07, 6.45) is 7.40. The van der Waals surface area contributed by atoms with Gasteiger partial charge < -0.3 is 20.1 Å². The lowest BCUT2D eigenvalue weighted by molar-refractivity contribution is 0.0615. The largest absolute Gasteiger partial charge is 0.496 e. The number of carbonyl (C=O) groups excluding carboxylic acids is 1. The Morgan fingerprint density at radius 2 is 2.12 bits per heavy atom. The van der Waals surface area contributed by atoms with Gasteiger partial charge in [0, 0.05) is 48.1 Å². The second-order valence-electron chi connectivity index (χ2n) is 8.71. The standard InChI is InChI=1S/C26H27N3O3S/c1-15-7-6-8-16(13-15)32-26(30)24-23(27)22-21(17-9-4-5-10-20(17)31-3)18-14-29(2)12-11-19(18)28-25(22)33-24/h4-10,15H,11-14,27H2,1-3H3. The molecule has 6 nitrogen and oxygen atoms in total. The molecule has 1 unspecified atom stereocenters. The first-order valence-electron chi connectivity index (χ1n) is 11.1. The van der Waals surface area contributed by atoms with Crippen LogP contribution >= 0.6 is 11.3 Å². The molecule has 2 N–H and O–H groups in total. The number of para-hydroxylation sites is 1. The van der Waals surface area contributed by atoms with Gasteiger partial charge in [-0.25, -0.2) is 9.78 Å². The van der Waals surface area contributed by atoms with E-state index in [0.29, 0.717) is 28.7 Å². The quantitative estimate of drug-likeness (QED) is 0.540. The number of thiophene rings is 1. The maximum absolute atomic E-state index is 13.1. The van der Waals surface area contributed by atoms with Crippen molar-refractivity contribution >= 4 is 33.2 Å². The van der Waals surface area contributed by atoms with E-state index in [1.807, 2.05) is 36.4 Å². The minimum Gasteiger partial charge on any atom is -0.496 e. The number of ether oxygens (including phenoxy) is 2. The monoisotopic (exact) mass is 461 g/mol. The van der Waals surface area contributed by atoms with Gasteiger partial charge >= 0.3 is 5.97 Å². The Hall–Kier alpha value is -3.16. The van der Waals surface area contributed by atoms with Crippen molar-refractivity contribution in [2.24, 2.45) is 5.92 Å². The van der Waals surface area contributed by atoms with E-state index in [4.69, 9.17) is 20.2 Å². The fourth-order valence-electron chi connectivity index (χ4n) is 4.61. The fourth-order valence-corrected chi connectivity index (χ4v) is 5.61. The van der Waals surface area contributed by atoms with Crippen molar-refractivity contribution in [2.75, 3.05) is 26.4 Å². The summed E-state index contributed by atoms with van der Waals surface area (Å²) >= 11 is 1.31. The summed E-state index contributed by atoms with van der Waals surface area (Å²) in [5.41, 5.74) is 11.2. The number of esters is 1. The molecule has 3 heterocycles. The van der Waals surface area contributed by atoms with E-state index in [9.17, 15) is 4.79 Å².